The average molecular weight is 980 g/mol. The summed E-state index contributed by atoms with van der Waals surface area (Å²) in [6, 6.07) is 20.2. The maximum Gasteiger partial charge on any atom is 0.272 e. The molecular formula is C45H46FN13O8S2. The maximum absolute atomic E-state index is 14.0. The largest absolute Gasteiger partial charge is 0.347 e. The Morgan fingerprint density at radius 2 is 1.16 bits per heavy atom. The van der Waals surface area contributed by atoms with Gasteiger partial charge in [0.25, 0.3) is 23.6 Å². The number of fused-ring (bicyclic) bond motifs is 2. The predicted octanol–water partition coefficient (Wildman–Crippen LogP) is 1.77. The van der Waals surface area contributed by atoms with Crippen LogP contribution in [0.2, 0.25) is 0 Å². The number of amides is 4. The maximum atomic E-state index is 14.0. The number of pyridine rings is 1. The molecule has 69 heavy (non-hydrogen) atoms. The van der Waals surface area contributed by atoms with Gasteiger partial charge in [0, 0.05) is 70.7 Å². The number of hydrogen-bond donors (Lipinski definition) is 4. The third kappa shape index (κ3) is 9.63. The van der Waals surface area contributed by atoms with Crippen LogP contribution in [0.3, 0.4) is 0 Å². The van der Waals surface area contributed by atoms with Gasteiger partial charge in [0.1, 0.15) is 20.9 Å². The Labute approximate surface area is 396 Å². The highest BCUT2D eigenvalue weighted by Gasteiger charge is 2.57. The van der Waals surface area contributed by atoms with E-state index in [0.29, 0.717) is 73.0 Å². The molecule has 24 heteroatoms. The summed E-state index contributed by atoms with van der Waals surface area (Å²) in [5, 5.41) is 37.2. The third-order valence-corrected chi connectivity index (χ3v) is 16.7. The van der Waals surface area contributed by atoms with Crippen molar-refractivity contribution >= 4 is 49.5 Å². The van der Waals surface area contributed by atoms with E-state index in [1.165, 1.54) is 31.4 Å². The number of rotatable bonds is 14. The molecule has 0 spiro atoms. The summed E-state index contributed by atoms with van der Waals surface area (Å²) < 4.78 is 66.6. The lowest BCUT2D eigenvalue weighted by atomic mass is 10.0. The number of nitrogens with one attached hydrogen (secondary N) is 3. The van der Waals surface area contributed by atoms with Crippen molar-refractivity contribution in [2.45, 2.75) is 61.1 Å². The fraction of sp³-hybridized carbons (Fsp3) is 0.356. The summed E-state index contributed by atoms with van der Waals surface area (Å²) in [6.07, 6.45) is 3.54. The van der Waals surface area contributed by atoms with Gasteiger partial charge in [-0.25, -0.2) is 31.3 Å². The molecule has 5 N–H and O–H groups in total. The Kier molecular flexibility index (Phi) is 12.9. The smallest absolute Gasteiger partial charge is 0.272 e. The molecule has 2 saturated carbocycles. The monoisotopic (exact) mass is 979 g/mol. The summed E-state index contributed by atoms with van der Waals surface area (Å²) >= 11 is 0. The molecule has 3 aromatic heterocycles. The number of primary sulfonamides is 1. The first-order valence-corrected chi connectivity index (χ1v) is 24.7. The van der Waals surface area contributed by atoms with Crippen LogP contribution >= 0.6 is 0 Å². The van der Waals surface area contributed by atoms with Crippen LogP contribution < -0.4 is 20.5 Å². The highest BCUT2D eigenvalue weighted by atomic mass is 32.2. The molecular weight excluding hydrogens is 934 g/mol. The SMILES string of the molecule is Cn1nc(C(=O)NCc2ccc(C#N)cc2)c2c1C(=O)N(CC1(S(=O)(=O)Nc3ncccc3F)CC1)CC2.Cn1nc(C(=O)NCc2ccc(C#N)cc2)c2c1C(=O)N(CC1(S(N)(=O)=O)CC1)CC2. The van der Waals surface area contributed by atoms with Gasteiger partial charge in [-0.15, -0.1) is 0 Å². The molecule has 21 nitrogen and oxygen atoms in total. The first kappa shape index (κ1) is 47.9. The first-order valence-electron chi connectivity index (χ1n) is 21.7. The molecule has 9 rings (SSSR count). The number of nitrogens with two attached hydrogens (primary N) is 1. The summed E-state index contributed by atoms with van der Waals surface area (Å²) in [5.74, 6) is -2.77. The van der Waals surface area contributed by atoms with Crippen molar-refractivity contribution in [3.63, 3.8) is 0 Å². The summed E-state index contributed by atoms with van der Waals surface area (Å²) in [5.41, 5.74) is 4.61. The van der Waals surface area contributed by atoms with Gasteiger partial charge in [-0.3, -0.25) is 33.3 Å². The van der Waals surface area contributed by atoms with Gasteiger partial charge in [-0.05, 0) is 86.1 Å². The fourth-order valence-electron chi connectivity index (χ4n) is 8.45. The number of anilines is 1. The standard InChI is InChI=1S/C25H24FN7O4S.C20H22N6O4S/c1-32-21-18(20(30-32)23(34)29-14-17-6-4-16(13-27)5-7-17)8-12-33(24(21)35)15-25(9-10-25)38(36,37)31-22-19(26)3-2-11-28-22;1-25-17-15(6-9-26(19(17)28)12-20(7-8-20)31(22,29)30)16(24-25)18(27)23-11-14-4-2-13(10-21)3-5-14/h2-7,11H,8-10,12,14-15H2,1H3,(H,28,31)(H,29,34);2-5H,6-9,11-12H2,1H3,(H,23,27)(H2,22,29,30). The molecule has 0 unspecified atom stereocenters. The molecule has 5 aromatic rings. The van der Waals surface area contributed by atoms with Crippen LogP contribution in [0.4, 0.5) is 10.2 Å². The number of nitriles is 2. The normalized spacial score (nSPS) is 16.4. The molecule has 5 heterocycles. The number of carbonyl (C=O) groups excluding carboxylic acids is 4. The topological polar surface area (TPSA) is 301 Å². The van der Waals surface area contributed by atoms with Crippen LogP contribution in [0, 0.1) is 28.5 Å². The molecule has 2 aromatic carbocycles. The Bertz CT molecular complexity index is 3210. The van der Waals surface area contributed by atoms with Crippen molar-refractivity contribution in [3.05, 3.63) is 129 Å². The van der Waals surface area contributed by atoms with Gasteiger partial charge in [0.2, 0.25) is 20.0 Å². The van der Waals surface area contributed by atoms with E-state index in [9.17, 15) is 40.4 Å². The lowest BCUT2D eigenvalue weighted by Crippen LogP contribution is -2.47. The van der Waals surface area contributed by atoms with Crippen LogP contribution in [0.25, 0.3) is 0 Å². The highest BCUT2D eigenvalue weighted by molar-refractivity contribution is 7.94. The highest BCUT2D eigenvalue weighted by Crippen LogP contribution is 2.46. The van der Waals surface area contributed by atoms with Crippen LogP contribution in [0.1, 0.15) is 101 Å². The van der Waals surface area contributed by atoms with Gasteiger partial charge < -0.3 is 20.4 Å². The minimum atomic E-state index is -4.03. The summed E-state index contributed by atoms with van der Waals surface area (Å²) in [7, 11) is -4.63. The van der Waals surface area contributed by atoms with Gasteiger partial charge >= 0.3 is 0 Å². The van der Waals surface area contributed by atoms with E-state index in [1.54, 1.807) is 62.6 Å². The van der Waals surface area contributed by atoms with Gasteiger partial charge in [0.05, 0.1) is 23.3 Å². The third-order valence-electron chi connectivity index (χ3n) is 12.8. The molecule has 4 amide bonds. The quantitative estimate of drug-likeness (QED) is 0.124. The van der Waals surface area contributed by atoms with Crippen molar-refractivity contribution < 1.29 is 40.4 Å². The molecule has 2 aliphatic heterocycles. The number of carbonyl (C=O) groups is 4. The van der Waals surface area contributed by atoms with Crippen LogP contribution in [0.5, 0.6) is 0 Å². The molecule has 4 aliphatic rings. The Balaban J connectivity index is 0.000000190. The predicted molar refractivity (Wildman–Crippen MR) is 244 cm³/mol. The molecule has 358 valence electrons. The van der Waals surface area contributed by atoms with E-state index < -0.39 is 53.1 Å². The molecule has 2 aliphatic carbocycles. The molecule has 0 radical (unpaired) electrons. The number of hydrogen-bond acceptors (Lipinski definition) is 13. The number of aromatic nitrogens is 5. The number of halogens is 1. The van der Waals surface area contributed by atoms with Crippen LogP contribution in [-0.2, 0) is 60.1 Å². The van der Waals surface area contributed by atoms with Crippen LogP contribution in [0.15, 0.2) is 66.9 Å². The van der Waals surface area contributed by atoms with Crippen molar-refractivity contribution in [2.24, 2.45) is 19.2 Å². The number of benzene rings is 2. The Hall–Kier alpha value is -7.54. The van der Waals surface area contributed by atoms with E-state index in [2.05, 4.69) is 30.5 Å². The lowest BCUT2D eigenvalue weighted by Gasteiger charge is -2.31. The minimum absolute atomic E-state index is 0.0511. The summed E-state index contributed by atoms with van der Waals surface area (Å²) in [4.78, 5) is 58.7. The van der Waals surface area contributed by atoms with E-state index >= 15 is 0 Å². The van der Waals surface area contributed by atoms with Gasteiger partial charge in [0.15, 0.2) is 23.0 Å². The van der Waals surface area contributed by atoms with E-state index in [-0.39, 0.29) is 61.5 Å². The Morgan fingerprint density at radius 1 is 0.725 bits per heavy atom. The zero-order valence-corrected chi connectivity index (χ0v) is 39.0. The molecule has 0 atom stereocenters. The summed E-state index contributed by atoms with van der Waals surface area (Å²) in [6.45, 7) is 0.969. The van der Waals surface area contributed by atoms with E-state index in [4.69, 9.17) is 15.7 Å². The first-order chi connectivity index (χ1) is 32.8. The van der Waals surface area contributed by atoms with E-state index in [1.807, 2.05) is 12.1 Å². The number of sulfonamides is 2. The number of nitrogens with zero attached hydrogens (tertiary/aromatic N) is 9. The molecule has 2 fully saturated rings. The second-order valence-corrected chi connectivity index (χ2v) is 21.4. The van der Waals surface area contributed by atoms with Crippen LogP contribution in [-0.4, -0.2) is 110 Å². The zero-order chi connectivity index (χ0) is 49.5. The van der Waals surface area contributed by atoms with Crippen molar-refractivity contribution in [1.29, 1.82) is 10.5 Å². The number of aryl methyl sites for hydroxylation is 2. The lowest BCUT2D eigenvalue weighted by molar-refractivity contribution is 0.0716. The zero-order valence-electron chi connectivity index (χ0n) is 37.4. The van der Waals surface area contributed by atoms with Gasteiger partial charge in [-0.2, -0.15) is 20.7 Å². The van der Waals surface area contributed by atoms with E-state index in [0.717, 1.165) is 17.2 Å². The second-order valence-electron chi connectivity index (χ2n) is 17.4. The average Bonchev–Trinajstić information content (AvgIpc) is 4.25. The molecule has 0 saturated heterocycles. The fourth-order valence-corrected chi connectivity index (χ4v) is 11.0. The van der Waals surface area contributed by atoms with Crippen molar-refractivity contribution in [1.82, 2.24) is 45.0 Å². The second kappa shape index (κ2) is 18.5. The van der Waals surface area contributed by atoms with Crippen molar-refractivity contribution in [2.75, 3.05) is 30.9 Å². The van der Waals surface area contributed by atoms with Gasteiger partial charge in [-0.1, -0.05) is 24.3 Å². The van der Waals surface area contributed by atoms with Crippen molar-refractivity contribution in [3.8, 4) is 12.1 Å². The minimum Gasteiger partial charge on any atom is -0.347 e. The molecule has 0 bridgehead atoms. The Morgan fingerprint density at radius 3 is 1.55 bits per heavy atom.